The van der Waals surface area contributed by atoms with Crippen molar-refractivity contribution in [2.24, 2.45) is 0 Å². The number of anilines is 2. The van der Waals surface area contributed by atoms with Crippen LogP contribution in [0.3, 0.4) is 0 Å². The molecular weight excluding hydrogens is 535 g/mol. The smallest absolute Gasteiger partial charge is 0.421 e. The average Bonchev–Trinajstić information content (AvgIpc) is 3.29. The number of methoxy groups -OCH3 is 1. The number of fused-ring (bicyclic) bond motifs is 1. The lowest BCUT2D eigenvalue weighted by atomic mass is 10.1. The van der Waals surface area contributed by atoms with Gasteiger partial charge in [-0.05, 0) is 19.1 Å². The zero-order valence-electron chi connectivity index (χ0n) is 21.1. The van der Waals surface area contributed by atoms with Gasteiger partial charge in [0, 0.05) is 35.5 Å². The standard InChI is InChI=1S/C27H21F5N6O2/c1-3-40-15-10-19(28)17(20(29)11-15)14-38-22-7-5-4-6-16(22)24(37-38)26-34-12-18(27(30,31)32)25(36-26)35-21-8-9-33-13-23(21)39-2/h4-13H,3,14H2,1-2H3,(H,33,34,35,36). The highest BCUT2D eigenvalue weighted by atomic mass is 19.4. The van der Waals surface area contributed by atoms with Gasteiger partial charge >= 0.3 is 6.18 Å². The molecule has 0 radical (unpaired) electrons. The first-order valence-corrected chi connectivity index (χ1v) is 12.0. The van der Waals surface area contributed by atoms with Crippen molar-refractivity contribution in [3.63, 3.8) is 0 Å². The van der Waals surface area contributed by atoms with E-state index in [2.05, 4.69) is 25.4 Å². The summed E-state index contributed by atoms with van der Waals surface area (Å²) >= 11 is 0. The lowest BCUT2D eigenvalue weighted by Crippen LogP contribution is -2.12. The number of pyridine rings is 1. The molecule has 13 heteroatoms. The highest BCUT2D eigenvalue weighted by Gasteiger charge is 2.36. The predicted octanol–water partition coefficient (Wildman–Crippen LogP) is 6.38. The molecule has 2 aromatic carbocycles. The van der Waals surface area contributed by atoms with E-state index in [1.165, 1.54) is 30.3 Å². The number of aromatic nitrogens is 5. The summed E-state index contributed by atoms with van der Waals surface area (Å²) in [5.74, 6) is -2.07. The third-order valence-corrected chi connectivity index (χ3v) is 5.95. The second-order valence-electron chi connectivity index (χ2n) is 8.48. The first-order valence-electron chi connectivity index (χ1n) is 12.0. The van der Waals surface area contributed by atoms with Crippen LogP contribution < -0.4 is 14.8 Å². The number of hydrogen-bond acceptors (Lipinski definition) is 7. The van der Waals surface area contributed by atoms with Crippen LogP contribution in [0, 0.1) is 11.6 Å². The Kier molecular flexibility index (Phi) is 7.20. The first kappa shape index (κ1) is 26.8. The first-order chi connectivity index (χ1) is 19.2. The summed E-state index contributed by atoms with van der Waals surface area (Å²) in [4.78, 5) is 12.0. The Hall–Kier alpha value is -4.81. The number of para-hydroxylation sites is 1. The Bertz CT molecular complexity index is 1670. The highest BCUT2D eigenvalue weighted by molar-refractivity contribution is 5.92. The monoisotopic (exact) mass is 556 g/mol. The Labute approximate surface area is 224 Å². The van der Waals surface area contributed by atoms with E-state index in [9.17, 15) is 22.0 Å². The Morgan fingerprint density at radius 3 is 2.48 bits per heavy atom. The summed E-state index contributed by atoms with van der Waals surface area (Å²) in [6.45, 7) is 1.63. The van der Waals surface area contributed by atoms with Crippen molar-refractivity contribution in [2.75, 3.05) is 19.0 Å². The zero-order valence-corrected chi connectivity index (χ0v) is 21.1. The van der Waals surface area contributed by atoms with E-state index >= 15 is 0 Å². The van der Waals surface area contributed by atoms with Crippen LogP contribution in [0.25, 0.3) is 22.4 Å². The van der Waals surface area contributed by atoms with Crippen LogP contribution in [0.2, 0.25) is 0 Å². The van der Waals surface area contributed by atoms with E-state index in [0.717, 1.165) is 12.1 Å². The average molecular weight is 556 g/mol. The van der Waals surface area contributed by atoms with Gasteiger partial charge in [0.1, 0.15) is 34.5 Å². The summed E-state index contributed by atoms with van der Waals surface area (Å²) in [5.41, 5.74) is -0.578. The molecule has 1 N–H and O–H groups in total. The van der Waals surface area contributed by atoms with Gasteiger partial charge in [-0.25, -0.2) is 18.7 Å². The summed E-state index contributed by atoms with van der Waals surface area (Å²) in [6, 6.07) is 10.3. The third-order valence-electron chi connectivity index (χ3n) is 5.95. The molecule has 0 aliphatic heterocycles. The zero-order chi connectivity index (χ0) is 28.4. The molecule has 0 amide bonds. The van der Waals surface area contributed by atoms with Gasteiger partial charge in [0.05, 0.1) is 37.7 Å². The molecule has 5 rings (SSSR count). The maximum atomic E-state index is 14.8. The van der Waals surface area contributed by atoms with Gasteiger partial charge < -0.3 is 14.8 Å². The van der Waals surface area contributed by atoms with Crippen molar-refractivity contribution in [3.8, 4) is 23.0 Å². The molecular formula is C27H21F5N6O2. The van der Waals surface area contributed by atoms with Crippen molar-refractivity contribution in [1.82, 2.24) is 24.7 Å². The summed E-state index contributed by atoms with van der Waals surface area (Å²) in [7, 11) is 1.35. The minimum absolute atomic E-state index is 0.0521. The fraction of sp³-hybridized carbons (Fsp3) is 0.185. The van der Waals surface area contributed by atoms with Crippen LogP contribution in [-0.2, 0) is 12.7 Å². The van der Waals surface area contributed by atoms with Gasteiger partial charge in [-0.1, -0.05) is 18.2 Å². The Morgan fingerprint density at radius 1 is 1.02 bits per heavy atom. The normalized spacial score (nSPS) is 11.6. The third kappa shape index (κ3) is 5.22. The van der Waals surface area contributed by atoms with E-state index in [1.54, 1.807) is 31.2 Å². The predicted molar refractivity (Wildman–Crippen MR) is 136 cm³/mol. The van der Waals surface area contributed by atoms with Crippen molar-refractivity contribution in [3.05, 3.63) is 83.8 Å². The number of halogens is 5. The second-order valence-corrected chi connectivity index (χ2v) is 8.48. The fourth-order valence-electron chi connectivity index (χ4n) is 4.12. The molecule has 0 aliphatic rings. The molecule has 206 valence electrons. The quantitative estimate of drug-likeness (QED) is 0.222. The molecule has 0 aliphatic carbocycles. The van der Waals surface area contributed by atoms with Crippen LogP contribution >= 0.6 is 0 Å². The van der Waals surface area contributed by atoms with Gasteiger partial charge in [0.15, 0.2) is 11.6 Å². The van der Waals surface area contributed by atoms with Gasteiger partial charge in [0.25, 0.3) is 0 Å². The van der Waals surface area contributed by atoms with Crippen LogP contribution in [0.4, 0.5) is 33.5 Å². The topological polar surface area (TPSA) is 87.0 Å². The van der Waals surface area contributed by atoms with Gasteiger partial charge in [-0.15, -0.1) is 0 Å². The molecule has 0 spiro atoms. The molecule has 5 aromatic rings. The Morgan fingerprint density at radius 2 is 1.77 bits per heavy atom. The molecule has 3 heterocycles. The van der Waals surface area contributed by atoms with E-state index in [-0.39, 0.29) is 47.4 Å². The lowest BCUT2D eigenvalue weighted by molar-refractivity contribution is -0.137. The van der Waals surface area contributed by atoms with E-state index < -0.39 is 29.2 Å². The molecule has 0 saturated carbocycles. The minimum atomic E-state index is -4.77. The van der Waals surface area contributed by atoms with Crippen LogP contribution in [0.1, 0.15) is 18.1 Å². The molecule has 8 nitrogen and oxygen atoms in total. The van der Waals surface area contributed by atoms with Crippen LogP contribution in [0.15, 0.2) is 61.1 Å². The maximum Gasteiger partial charge on any atom is 0.421 e. The molecule has 0 unspecified atom stereocenters. The van der Waals surface area contributed by atoms with Crippen LogP contribution in [-0.4, -0.2) is 38.4 Å². The molecule has 40 heavy (non-hydrogen) atoms. The molecule has 0 bridgehead atoms. The van der Waals surface area contributed by atoms with E-state index in [0.29, 0.717) is 17.1 Å². The Balaban J connectivity index is 1.60. The molecule has 0 atom stereocenters. The van der Waals surface area contributed by atoms with Crippen LogP contribution in [0.5, 0.6) is 11.5 Å². The number of rotatable bonds is 8. The minimum Gasteiger partial charge on any atom is -0.494 e. The number of nitrogens with one attached hydrogen (secondary N) is 1. The number of hydrogen-bond donors (Lipinski definition) is 1. The number of ether oxygens (including phenoxy) is 2. The van der Waals surface area contributed by atoms with Crippen molar-refractivity contribution < 1.29 is 31.4 Å². The maximum absolute atomic E-state index is 14.8. The van der Waals surface area contributed by atoms with Gasteiger partial charge in [0.2, 0.25) is 0 Å². The van der Waals surface area contributed by atoms with Gasteiger partial charge in [-0.3, -0.25) is 9.67 Å². The van der Waals surface area contributed by atoms with Crippen molar-refractivity contribution >= 4 is 22.4 Å². The molecule has 3 aromatic heterocycles. The largest absolute Gasteiger partial charge is 0.494 e. The van der Waals surface area contributed by atoms with Crippen molar-refractivity contribution in [1.29, 1.82) is 0 Å². The fourth-order valence-corrected chi connectivity index (χ4v) is 4.12. The SMILES string of the molecule is CCOc1cc(F)c(Cn2nc(-c3ncc(C(F)(F)F)c(Nc4ccncc4OC)n3)c3ccccc32)c(F)c1. The summed E-state index contributed by atoms with van der Waals surface area (Å²) in [5, 5.41) is 7.58. The summed E-state index contributed by atoms with van der Waals surface area (Å²) in [6.07, 6.45) is -1.40. The highest BCUT2D eigenvalue weighted by Crippen LogP contribution is 2.38. The van der Waals surface area contributed by atoms with Crippen molar-refractivity contribution in [2.45, 2.75) is 19.6 Å². The molecule has 0 saturated heterocycles. The van der Waals surface area contributed by atoms with E-state index in [1.807, 2.05) is 0 Å². The number of nitrogens with zero attached hydrogens (tertiary/aromatic N) is 5. The number of benzene rings is 2. The summed E-state index contributed by atoms with van der Waals surface area (Å²) < 4.78 is 82.9. The second kappa shape index (κ2) is 10.8. The molecule has 0 fully saturated rings. The lowest BCUT2D eigenvalue weighted by Gasteiger charge is -2.15. The van der Waals surface area contributed by atoms with Gasteiger partial charge in [-0.2, -0.15) is 18.3 Å². The van der Waals surface area contributed by atoms with E-state index in [4.69, 9.17) is 9.47 Å². The number of alkyl halides is 3.